The van der Waals surface area contributed by atoms with Crippen LogP contribution in [0.1, 0.15) is 12.0 Å². The van der Waals surface area contributed by atoms with E-state index in [-0.39, 0.29) is 42.2 Å². The van der Waals surface area contributed by atoms with E-state index in [2.05, 4.69) is 17.5 Å². The number of carbonyl (C=O) groups excluding carboxylic acids is 2. The third-order valence-electron chi connectivity index (χ3n) is 6.37. The van der Waals surface area contributed by atoms with Crippen LogP contribution in [0.4, 0.5) is 5.69 Å². The van der Waals surface area contributed by atoms with Gasteiger partial charge < -0.3 is 5.32 Å². The molecule has 3 fully saturated rings. The predicted octanol–water partition coefficient (Wildman–Crippen LogP) is 3.07. The van der Waals surface area contributed by atoms with Crippen LogP contribution in [0.3, 0.4) is 0 Å². The molecule has 124 valence electrons. The summed E-state index contributed by atoms with van der Waals surface area (Å²) in [4.78, 5) is 27.1. The van der Waals surface area contributed by atoms with Crippen LogP contribution in [0.2, 0.25) is 5.02 Å². The van der Waals surface area contributed by atoms with Gasteiger partial charge in [0.05, 0.1) is 18.5 Å². The fourth-order valence-corrected chi connectivity index (χ4v) is 5.23. The van der Waals surface area contributed by atoms with Crippen molar-refractivity contribution in [3.8, 4) is 0 Å². The third-order valence-corrected chi connectivity index (χ3v) is 6.77. The Balaban J connectivity index is 1.36. The Morgan fingerprint density at radius 3 is 2.33 bits per heavy atom. The fourth-order valence-electron chi connectivity index (χ4n) is 5.05. The standard InChI is InChI=1S/C19H19ClN2O2/c1-9-2-3-10(6-15(9)20)21-8-22-18(23)16-11-4-5-12(14-7-13(11)14)17(16)19(22)24/h2-6,11-14,16-17,21H,7-8H2,1H3/t11-,12-,13-,14+,16+,17+/m0/s1. The molecule has 5 aliphatic rings. The zero-order valence-electron chi connectivity index (χ0n) is 13.4. The molecule has 5 heteroatoms. The van der Waals surface area contributed by atoms with Gasteiger partial charge in [0.1, 0.15) is 0 Å². The molecule has 24 heavy (non-hydrogen) atoms. The molecule has 1 heterocycles. The second-order valence-electron chi connectivity index (χ2n) is 7.56. The third kappa shape index (κ3) is 1.86. The van der Waals surface area contributed by atoms with Crippen molar-refractivity contribution in [2.45, 2.75) is 13.3 Å². The second-order valence-corrected chi connectivity index (χ2v) is 7.97. The first kappa shape index (κ1) is 14.5. The van der Waals surface area contributed by atoms with E-state index >= 15 is 0 Å². The first-order chi connectivity index (χ1) is 11.6. The number of nitrogens with zero attached hydrogens (tertiary/aromatic N) is 1. The van der Waals surface area contributed by atoms with Gasteiger partial charge in [-0.05, 0) is 54.7 Å². The molecule has 2 bridgehead atoms. The Hall–Kier alpha value is -1.81. The quantitative estimate of drug-likeness (QED) is 0.678. The first-order valence-electron chi connectivity index (χ1n) is 8.60. The van der Waals surface area contributed by atoms with Gasteiger partial charge in [0.25, 0.3) is 0 Å². The van der Waals surface area contributed by atoms with Gasteiger partial charge in [0, 0.05) is 10.7 Å². The molecule has 6 rings (SSSR count). The average molecular weight is 343 g/mol. The number of likely N-dealkylation sites (tertiary alicyclic amines) is 1. The first-order valence-corrected chi connectivity index (χ1v) is 8.97. The number of allylic oxidation sites excluding steroid dienone is 2. The van der Waals surface area contributed by atoms with Crippen molar-refractivity contribution >= 4 is 29.1 Å². The van der Waals surface area contributed by atoms with E-state index in [9.17, 15) is 9.59 Å². The molecule has 6 atom stereocenters. The van der Waals surface area contributed by atoms with Crippen molar-refractivity contribution in [1.82, 2.24) is 4.90 Å². The summed E-state index contributed by atoms with van der Waals surface area (Å²) in [6, 6.07) is 5.67. The van der Waals surface area contributed by atoms with Crippen LogP contribution in [0.25, 0.3) is 0 Å². The average Bonchev–Trinajstić information content (AvgIpc) is 3.35. The summed E-state index contributed by atoms with van der Waals surface area (Å²) in [5.41, 5.74) is 1.83. The second kappa shape index (κ2) is 4.85. The lowest BCUT2D eigenvalue weighted by atomic mass is 9.63. The number of hydrogen-bond donors (Lipinski definition) is 1. The smallest absolute Gasteiger partial charge is 0.235 e. The molecule has 0 unspecified atom stereocenters. The molecule has 1 saturated heterocycles. The molecule has 1 aromatic carbocycles. The van der Waals surface area contributed by atoms with Crippen LogP contribution in [0, 0.1) is 42.4 Å². The molecule has 1 aliphatic heterocycles. The van der Waals surface area contributed by atoms with E-state index in [0.717, 1.165) is 11.3 Å². The number of anilines is 1. The molecule has 4 nitrogen and oxygen atoms in total. The van der Waals surface area contributed by atoms with Gasteiger partial charge in [-0.3, -0.25) is 14.5 Å². The van der Waals surface area contributed by atoms with Gasteiger partial charge in [-0.1, -0.05) is 29.8 Å². The summed E-state index contributed by atoms with van der Waals surface area (Å²) < 4.78 is 0. The highest BCUT2D eigenvalue weighted by Gasteiger charge is 2.66. The lowest BCUT2D eigenvalue weighted by Gasteiger charge is -2.37. The van der Waals surface area contributed by atoms with Crippen LogP contribution in [0.5, 0.6) is 0 Å². The lowest BCUT2D eigenvalue weighted by molar-refractivity contribution is -0.139. The van der Waals surface area contributed by atoms with E-state index < -0.39 is 0 Å². The summed E-state index contributed by atoms with van der Waals surface area (Å²) in [6.45, 7) is 2.16. The molecule has 1 aromatic rings. The molecule has 4 aliphatic carbocycles. The number of imide groups is 1. The van der Waals surface area contributed by atoms with Crippen molar-refractivity contribution in [1.29, 1.82) is 0 Å². The van der Waals surface area contributed by atoms with Crippen LogP contribution in [-0.2, 0) is 9.59 Å². The molecule has 1 N–H and O–H groups in total. The van der Waals surface area contributed by atoms with E-state index in [1.807, 2.05) is 25.1 Å². The van der Waals surface area contributed by atoms with E-state index in [4.69, 9.17) is 11.6 Å². The molecular weight excluding hydrogens is 324 g/mol. The number of rotatable bonds is 3. The van der Waals surface area contributed by atoms with Crippen LogP contribution in [-0.4, -0.2) is 23.4 Å². The highest BCUT2D eigenvalue weighted by atomic mass is 35.5. The number of halogens is 1. The zero-order chi connectivity index (χ0) is 16.6. The van der Waals surface area contributed by atoms with Crippen molar-refractivity contribution in [3.63, 3.8) is 0 Å². The summed E-state index contributed by atoms with van der Waals surface area (Å²) in [6.07, 6.45) is 5.58. The highest BCUT2D eigenvalue weighted by Crippen LogP contribution is 2.65. The topological polar surface area (TPSA) is 49.4 Å². The Morgan fingerprint density at radius 1 is 1.12 bits per heavy atom. The van der Waals surface area contributed by atoms with Crippen LogP contribution in [0.15, 0.2) is 30.4 Å². The molecule has 2 saturated carbocycles. The summed E-state index contributed by atoms with van der Waals surface area (Å²) in [5.74, 6) is 1.59. The minimum atomic E-state index is -0.125. The number of aryl methyl sites for hydroxylation is 1. The van der Waals surface area contributed by atoms with E-state index in [1.54, 1.807) is 0 Å². The van der Waals surface area contributed by atoms with Crippen molar-refractivity contribution in [2.75, 3.05) is 12.0 Å². The van der Waals surface area contributed by atoms with Crippen molar-refractivity contribution in [3.05, 3.63) is 40.9 Å². The molecule has 2 amide bonds. The summed E-state index contributed by atoms with van der Waals surface area (Å²) >= 11 is 6.14. The maximum absolute atomic E-state index is 12.9. The molecule has 0 spiro atoms. The number of nitrogens with one attached hydrogen (secondary N) is 1. The molecular formula is C19H19ClN2O2. The maximum atomic E-state index is 12.9. The summed E-state index contributed by atoms with van der Waals surface area (Å²) in [5, 5.41) is 3.85. The van der Waals surface area contributed by atoms with Gasteiger partial charge in [0.2, 0.25) is 11.8 Å². The normalized spacial score (nSPS) is 38.3. The minimum absolute atomic E-state index is 0.000378. The van der Waals surface area contributed by atoms with Gasteiger partial charge in [-0.15, -0.1) is 0 Å². The highest BCUT2D eigenvalue weighted by molar-refractivity contribution is 6.31. The minimum Gasteiger partial charge on any atom is -0.367 e. The van der Waals surface area contributed by atoms with Gasteiger partial charge in [-0.25, -0.2) is 0 Å². The Labute approximate surface area is 145 Å². The van der Waals surface area contributed by atoms with Gasteiger partial charge in [0.15, 0.2) is 0 Å². The summed E-state index contributed by atoms with van der Waals surface area (Å²) in [7, 11) is 0. The Kier molecular flexibility index (Phi) is 2.94. The lowest BCUT2D eigenvalue weighted by Crippen LogP contribution is -2.40. The zero-order valence-corrected chi connectivity index (χ0v) is 14.2. The molecule has 0 aromatic heterocycles. The fraction of sp³-hybridized carbons (Fsp3) is 0.474. The number of carbonyl (C=O) groups is 2. The SMILES string of the molecule is Cc1ccc(NCN2C(=O)[C@@H]3[C@H]4C=C[C@@H]([C@@H]5C[C@H]45)[C@H]3C2=O)cc1Cl. The Bertz CT molecular complexity index is 754. The van der Waals surface area contributed by atoms with Crippen molar-refractivity contribution in [2.24, 2.45) is 35.5 Å². The van der Waals surface area contributed by atoms with Gasteiger partial charge in [-0.2, -0.15) is 0 Å². The Morgan fingerprint density at radius 2 is 1.75 bits per heavy atom. The largest absolute Gasteiger partial charge is 0.367 e. The van der Waals surface area contributed by atoms with Crippen LogP contribution < -0.4 is 5.32 Å². The number of hydrogen-bond acceptors (Lipinski definition) is 3. The maximum Gasteiger partial charge on any atom is 0.235 e. The predicted molar refractivity (Wildman–Crippen MR) is 91.2 cm³/mol. The van der Waals surface area contributed by atoms with Crippen molar-refractivity contribution < 1.29 is 9.59 Å². The van der Waals surface area contributed by atoms with E-state index in [0.29, 0.717) is 16.9 Å². The monoisotopic (exact) mass is 342 g/mol. The van der Waals surface area contributed by atoms with Gasteiger partial charge >= 0.3 is 0 Å². The van der Waals surface area contributed by atoms with Crippen LogP contribution >= 0.6 is 11.6 Å². The molecule has 0 radical (unpaired) electrons. The van der Waals surface area contributed by atoms with E-state index in [1.165, 1.54) is 11.3 Å². The number of benzene rings is 1. The number of amides is 2.